The van der Waals surface area contributed by atoms with E-state index in [0.717, 1.165) is 22.4 Å². The Bertz CT molecular complexity index is 689. The number of anilines is 1. The van der Waals surface area contributed by atoms with Gasteiger partial charge in [0.1, 0.15) is 5.60 Å². The van der Waals surface area contributed by atoms with Crippen molar-refractivity contribution < 1.29 is 9.53 Å². The first-order chi connectivity index (χ1) is 9.96. The summed E-state index contributed by atoms with van der Waals surface area (Å²) in [5.74, 6) is 0. The lowest BCUT2D eigenvalue weighted by atomic mass is 9.95. The number of ether oxygens (including phenoxy) is 1. The van der Waals surface area contributed by atoms with Gasteiger partial charge < -0.3 is 4.74 Å². The van der Waals surface area contributed by atoms with Crippen molar-refractivity contribution in [2.45, 2.75) is 32.9 Å². The molecule has 0 unspecified atom stereocenters. The fourth-order valence-corrected chi connectivity index (χ4v) is 2.49. The maximum atomic E-state index is 12.5. The Balaban J connectivity index is 2.04. The average molecular weight is 282 g/mol. The largest absolute Gasteiger partial charge is 0.443 e. The number of rotatable bonds is 0. The number of hydrogen-bond acceptors (Lipinski definition) is 3. The number of para-hydroxylation sites is 1. The molecule has 21 heavy (non-hydrogen) atoms. The van der Waals surface area contributed by atoms with E-state index in [4.69, 9.17) is 4.74 Å². The normalized spacial score (nSPS) is 13.4. The number of carbonyl (C=O) groups is 1. The number of pyridine rings is 1. The molecule has 0 fully saturated rings. The van der Waals surface area contributed by atoms with Crippen LogP contribution in [0.5, 0.6) is 0 Å². The third-order valence-corrected chi connectivity index (χ3v) is 3.33. The van der Waals surface area contributed by atoms with E-state index in [1.807, 2.05) is 57.3 Å². The van der Waals surface area contributed by atoms with E-state index in [-0.39, 0.29) is 6.09 Å². The molecular formula is C17H18N2O2. The van der Waals surface area contributed by atoms with E-state index in [0.29, 0.717) is 6.54 Å². The quantitative estimate of drug-likeness (QED) is 0.733. The van der Waals surface area contributed by atoms with Crippen LogP contribution in [0.1, 0.15) is 26.3 Å². The molecule has 0 N–H and O–H groups in total. The summed E-state index contributed by atoms with van der Waals surface area (Å²) in [6.07, 6.45) is 3.26. The van der Waals surface area contributed by atoms with Crippen LogP contribution < -0.4 is 4.90 Å². The molecule has 0 spiro atoms. The van der Waals surface area contributed by atoms with Gasteiger partial charge in [0.05, 0.1) is 12.2 Å². The molecule has 0 bridgehead atoms. The highest BCUT2D eigenvalue weighted by molar-refractivity contribution is 5.96. The highest BCUT2D eigenvalue weighted by Gasteiger charge is 2.29. The lowest BCUT2D eigenvalue weighted by Crippen LogP contribution is -2.38. The smallest absolute Gasteiger partial charge is 0.415 e. The molecule has 1 aromatic heterocycles. The van der Waals surface area contributed by atoms with Crippen LogP contribution >= 0.6 is 0 Å². The third kappa shape index (κ3) is 2.61. The van der Waals surface area contributed by atoms with Gasteiger partial charge in [-0.05, 0) is 44.0 Å². The SMILES string of the molecule is CC(C)(C)OC(=O)N1Cc2cnccc2-c2ccccc21. The van der Waals surface area contributed by atoms with Crippen molar-refractivity contribution in [3.8, 4) is 11.1 Å². The molecule has 0 saturated carbocycles. The maximum absolute atomic E-state index is 12.5. The van der Waals surface area contributed by atoms with E-state index in [1.165, 1.54) is 0 Å². The van der Waals surface area contributed by atoms with Crippen molar-refractivity contribution in [3.05, 3.63) is 48.3 Å². The van der Waals surface area contributed by atoms with Crippen LogP contribution in [0, 0.1) is 0 Å². The van der Waals surface area contributed by atoms with Gasteiger partial charge in [0, 0.05) is 18.0 Å². The number of aromatic nitrogens is 1. The molecule has 1 aliphatic heterocycles. The van der Waals surface area contributed by atoms with Gasteiger partial charge in [-0.15, -0.1) is 0 Å². The molecule has 3 rings (SSSR count). The minimum Gasteiger partial charge on any atom is -0.443 e. The van der Waals surface area contributed by atoms with Gasteiger partial charge in [0.15, 0.2) is 0 Å². The molecule has 108 valence electrons. The first-order valence-corrected chi connectivity index (χ1v) is 6.98. The first kappa shape index (κ1) is 13.6. The van der Waals surface area contributed by atoms with Gasteiger partial charge in [-0.3, -0.25) is 9.88 Å². The van der Waals surface area contributed by atoms with Crippen molar-refractivity contribution >= 4 is 11.8 Å². The summed E-state index contributed by atoms with van der Waals surface area (Å²) < 4.78 is 5.52. The predicted octanol–water partition coefficient (Wildman–Crippen LogP) is 4.00. The zero-order valence-electron chi connectivity index (χ0n) is 12.5. The minimum atomic E-state index is -0.513. The Morgan fingerprint density at radius 3 is 2.71 bits per heavy atom. The van der Waals surface area contributed by atoms with Crippen LogP contribution in [0.15, 0.2) is 42.7 Å². The molecular weight excluding hydrogens is 264 g/mol. The van der Waals surface area contributed by atoms with E-state index < -0.39 is 5.60 Å². The molecule has 0 saturated heterocycles. The van der Waals surface area contributed by atoms with Crippen LogP contribution in [0.25, 0.3) is 11.1 Å². The maximum Gasteiger partial charge on any atom is 0.415 e. The first-order valence-electron chi connectivity index (χ1n) is 6.98. The van der Waals surface area contributed by atoms with Crippen molar-refractivity contribution in [2.24, 2.45) is 0 Å². The summed E-state index contributed by atoms with van der Waals surface area (Å²) in [5, 5.41) is 0. The lowest BCUT2D eigenvalue weighted by molar-refractivity contribution is 0.0577. The van der Waals surface area contributed by atoms with Crippen molar-refractivity contribution in [3.63, 3.8) is 0 Å². The van der Waals surface area contributed by atoms with Crippen molar-refractivity contribution in [2.75, 3.05) is 4.90 Å². The fourth-order valence-electron chi connectivity index (χ4n) is 2.49. The van der Waals surface area contributed by atoms with Crippen LogP contribution in [0.3, 0.4) is 0 Å². The average Bonchev–Trinajstić information content (AvgIpc) is 2.44. The zero-order valence-corrected chi connectivity index (χ0v) is 12.5. The van der Waals surface area contributed by atoms with Crippen LogP contribution in [-0.2, 0) is 11.3 Å². The van der Waals surface area contributed by atoms with Gasteiger partial charge >= 0.3 is 6.09 Å². The number of carbonyl (C=O) groups excluding carboxylic acids is 1. The predicted molar refractivity (Wildman–Crippen MR) is 82.1 cm³/mol. The number of nitrogens with zero attached hydrogens (tertiary/aromatic N) is 2. The summed E-state index contributed by atoms with van der Waals surface area (Å²) in [7, 11) is 0. The molecule has 0 atom stereocenters. The van der Waals surface area contributed by atoms with Gasteiger partial charge in [-0.25, -0.2) is 4.79 Å². The van der Waals surface area contributed by atoms with Gasteiger partial charge in [-0.1, -0.05) is 18.2 Å². The van der Waals surface area contributed by atoms with E-state index in [9.17, 15) is 4.79 Å². The molecule has 4 heteroatoms. The summed E-state index contributed by atoms with van der Waals surface area (Å²) in [5.41, 5.74) is 3.56. The molecule has 0 radical (unpaired) electrons. The van der Waals surface area contributed by atoms with Crippen LogP contribution in [0.4, 0.5) is 10.5 Å². The highest BCUT2D eigenvalue weighted by Crippen LogP contribution is 2.38. The van der Waals surface area contributed by atoms with Gasteiger partial charge in [0.25, 0.3) is 0 Å². The molecule has 2 aromatic rings. The van der Waals surface area contributed by atoms with Gasteiger partial charge in [-0.2, -0.15) is 0 Å². The van der Waals surface area contributed by atoms with Crippen molar-refractivity contribution in [1.82, 2.24) is 4.98 Å². The summed E-state index contributed by atoms with van der Waals surface area (Å²) in [6, 6.07) is 9.86. The second-order valence-corrected chi connectivity index (χ2v) is 6.12. The van der Waals surface area contributed by atoms with Crippen molar-refractivity contribution in [1.29, 1.82) is 0 Å². The Morgan fingerprint density at radius 2 is 1.95 bits per heavy atom. The lowest BCUT2D eigenvalue weighted by Gasteiger charge is -2.32. The molecule has 1 aromatic carbocycles. The fraction of sp³-hybridized carbons (Fsp3) is 0.294. The Labute approximate surface area is 124 Å². The summed E-state index contributed by atoms with van der Waals surface area (Å²) in [6.45, 7) is 6.10. The Kier molecular flexibility index (Phi) is 3.16. The number of amides is 1. The second-order valence-electron chi connectivity index (χ2n) is 6.12. The van der Waals surface area contributed by atoms with E-state index in [1.54, 1.807) is 11.1 Å². The minimum absolute atomic E-state index is 0.329. The standard InChI is InChI=1S/C17H18N2O2/c1-17(2,3)21-16(20)19-11-12-10-18-9-8-13(12)14-6-4-5-7-15(14)19/h4-10H,11H2,1-3H3. The number of hydrogen-bond donors (Lipinski definition) is 0. The molecule has 1 amide bonds. The topological polar surface area (TPSA) is 42.4 Å². The Morgan fingerprint density at radius 1 is 1.19 bits per heavy atom. The van der Waals surface area contributed by atoms with Gasteiger partial charge in [0.2, 0.25) is 0 Å². The molecule has 4 nitrogen and oxygen atoms in total. The number of benzene rings is 1. The zero-order chi connectivity index (χ0) is 15.0. The summed E-state index contributed by atoms with van der Waals surface area (Å²) >= 11 is 0. The highest BCUT2D eigenvalue weighted by atomic mass is 16.6. The van der Waals surface area contributed by atoms with Crippen LogP contribution in [0.2, 0.25) is 0 Å². The summed E-state index contributed by atoms with van der Waals surface area (Å²) in [4.78, 5) is 18.3. The third-order valence-electron chi connectivity index (χ3n) is 3.33. The molecule has 1 aliphatic rings. The van der Waals surface area contributed by atoms with E-state index in [2.05, 4.69) is 4.98 Å². The second kappa shape index (κ2) is 4.88. The van der Waals surface area contributed by atoms with Crippen LogP contribution in [-0.4, -0.2) is 16.7 Å². The van der Waals surface area contributed by atoms with E-state index >= 15 is 0 Å². The number of fused-ring (bicyclic) bond motifs is 3. The monoisotopic (exact) mass is 282 g/mol. The molecule has 0 aliphatic carbocycles. The molecule has 2 heterocycles. The Hall–Kier alpha value is -2.36.